The molecule has 0 saturated carbocycles. The van der Waals surface area contributed by atoms with E-state index in [9.17, 15) is 0 Å². The van der Waals surface area contributed by atoms with E-state index in [1.165, 1.54) is 11.3 Å². The molecule has 0 aliphatic heterocycles. The third kappa shape index (κ3) is 6.93. The number of benzene rings is 3. The van der Waals surface area contributed by atoms with Gasteiger partial charge in [0.25, 0.3) is 0 Å². The quantitative estimate of drug-likeness (QED) is 0.348. The van der Waals surface area contributed by atoms with Crippen LogP contribution in [0.1, 0.15) is 31.9 Å². The SMILES string of the molecule is CC(C)(C)OC[N+](CCN)(Cc1ccccc1)c1ccc(OCc2ccccc2)cc1. The number of quaternary nitrogens is 1. The average molecular weight is 420 g/mol. The maximum atomic E-state index is 6.30. The predicted octanol–water partition coefficient (Wildman–Crippen LogP) is 5.50. The van der Waals surface area contributed by atoms with Gasteiger partial charge in [0, 0.05) is 24.2 Å². The Morgan fingerprint density at radius 3 is 1.90 bits per heavy atom. The van der Waals surface area contributed by atoms with Gasteiger partial charge in [-0.25, -0.2) is 0 Å². The summed E-state index contributed by atoms with van der Waals surface area (Å²) in [7, 11) is 0. The maximum absolute atomic E-state index is 6.30. The molecule has 0 aromatic heterocycles. The van der Waals surface area contributed by atoms with Crippen LogP contribution < -0.4 is 15.0 Å². The molecular formula is C27H35N2O2+. The third-order valence-corrected chi connectivity index (χ3v) is 5.26. The Kier molecular flexibility index (Phi) is 7.85. The highest BCUT2D eigenvalue weighted by Gasteiger charge is 2.32. The van der Waals surface area contributed by atoms with Gasteiger partial charge in [0.2, 0.25) is 0 Å². The second-order valence-corrected chi connectivity index (χ2v) is 8.96. The number of rotatable bonds is 10. The zero-order valence-corrected chi connectivity index (χ0v) is 19.0. The van der Waals surface area contributed by atoms with Gasteiger partial charge in [-0.05, 0) is 38.5 Å². The van der Waals surface area contributed by atoms with E-state index in [0.717, 1.165) is 24.4 Å². The highest BCUT2D eigenvalue weighted by molar-refractivity contribution is 5.46. The van der Waals surface area contributed by atoms with E-state index in [4.69, 9.17) is 15.2 Å². The highest BCUT2D eigenvalue weighted by atomic mass is 16.5. The van der Waals surface area contributed by atoms with Crippen molar-refractivity contribution in [2.45, 2.75) is 39.5 Å². The summed E-state index contributed by atoms with van der Waals surface area (Å²) in [5.74, 6) is 0.856. The summed E-state index contributed by atoms with van der Waals surface area (Å²) in [6.45, 7) is 9.56. The highest BCUT2D eigenvalue weighted by Crippen LogP contribution is 2.30. The molecule has 0 spiro atoms. The van der Waals surface area contributed by atoms with Crippen molar-refractivity contribution < 1.29 is 9.47 Å². The van der Waals surface area contributed by atoms with Crippen LogP contribution >= 0.6 is 0 Å². The lowest BCUT2D eigenvalue weighted by Gasteiger charge is -2.39. The van der Waals surface area contributed by atoms with Crippen LogP contribution in [0, 0.1) is 0 Å². The van der Waals surface area contributed by atoms with Crippen LogP contribution in [0.25, 0.3) is 0 Å². The van der Waals surface area contributed by atoms with Gasteiger partial charge in [0.1, 0.15) is 24.6 Å². The van der Waals surface area contributed by atoms with Crippen LogP contribution in [-0.4, -0.2) is 25.4 Å². The van der Waals surface area contributed by atoms with Crippen molar-refractivity contribution in [2.75, 3.05) is 19.8 Å². The van der Waals surface area contributed by atoms with E-state index >= 15 is 0 Å². The van der Waals surface area contributed by atoms with Crippen LogP contribution in [0.2, 0.25) is 0 Å². The molecule has 0 aliphatic carbocycles. The normalized spacial score (nSPS) is 13.5. The van der Waals surface area contributed by atoms with Crippen LogP contribution in [0.3, 0.4) is 0 Å². The molecule has 4 nitrogen and oxygen atoms in total. The third-order valence-electron chi connectivity index (χ3n) is 5.26. The molecule has 0 fully saturated rings. The predicted molar refractivity (Wildman–Crippen MR) is 129 cm³/mol. The van der Waals surface area contributed by atoms with Crippen molar-refractivity contribution in [1.29, 1.82) is 0 Å². The standard InChI is InChI=1S/C27H35N2O2/c1-27(2,3)31-22-29(19-18-28,20-23-10-6-4-7-11-23)25-14-16-26(17-15-25)30-21-24-12-8-5-9-13-24/h4-17H,18-22,28H2,1-3H3/q+1. The van der Waals surface area contributed by atoms with Crippen molar-refractivity contribution in [3.63, 3.8) is 0 Å². The molecule has 0 saturated heterocycles. The second kappa shape index (κ2) is 10.6. The Morgan fingerprint density at radius 2 is 1.35 bits per heavy atom. The van der Waals surface area contributed by atoms with Crippen LogP contribution in [0.4, 0.5) is 5.69 Å². The summed E-state index contributed by atoms with van der Waals surface area (Å²) in [6, 6.07) is 29.1. The molecule has 0 bridgehead atoms. The number of nitrogens with two attached hydrogens (primary N) is 1. The zero-order valence-electron chi connectivity index (χ0n) is 19.0. The van der Waals surface area contributed by atoms with Crippen molar-refractivity contribution >= 4 is 5.69 Å². The Hall–Kier alpha value is -2.66. The molecule has 0 aliphatic rings. The van der Waals surface area contributed by atoms with E-state index < -0.39 is 0 Å². The van der Waals surface area contributed by atoms with Crippen molar-refractivity contribution in [3.8, 4) is 5.75 Å². The number of hydrogen-bond donors (Lipinski definition) is 1. The number of nitrogens with zero attached hydrogens (tertiary/aromatic N) is 1. The number of ether oxygens (including phenoxy) is 2. The summed E-state index contributed by atoms with van der Waals surface area (Å²) in [4.78, 5) is 0. The van der Waals surface area contributed by atoms with E-state index in [1.54, 1.807) is 0 Å². The van der Waals surface area contributed by atoms with E-state index in [1.807, 2.05) is 36.4 Å². The second-order valence-electron chi connectivity index (χ2n) is 8.96. The first-order valence-corrected chi connectivity index (χ1v) is 10.9. The molecule has 1 unspecified atom stereocenters. The number of hydrogen-bond acceptors (Lipinski definition) is 3. The summed E-state index contributed by atoms with van der Waals surface area (Å²) >= 11 is 0. The molecule has 2 N–H and O–H groups in total. The van der Waals surface area contributed by atoms with Crippen molar-refractivity contribution in [3.05, 3.63) is 96.1 Å². The molecule has 3 aromatic carbocycles. The first-order chi connectivity index (χ1) is 14.9. The lowest BCUT2D eigenvalue weighted by atomic mass is 10.1. The van der Waals surface area contributed by atoms with Gasteiger partial charge >= 0.3 is 0 Å². The van der Waals surface area contributed by atoms with E-state index in [2.05, 4.69) is 69.3 Å². The Bertz CT molecular complexity index is 905. The van der Waals surface area contributed by atoms with Gasteiger partial charge in [-0.3, -0.25) is 4.48 Å². The van der Waals surface area contributed by atoms with Crippen LogP contribution in [-0.2, 0) is 17.9 Å². The lowest BCUT2D eigenvalue weighted by molar-refractivity contribution is -0.0622. The van der Waals surface area contributed by atoms with Crippen LogP contribution in [0.5, 0.6) is 5.75 Å². The fourth-order valence-corrected chi connectivity index (χ4v) is 3.58. The molecule has 3 rings (SSSR count). The summed E-state index contributed by atoms with van der Waals surface area (Å²) in [5.41, 5.74) is 9.45. The Labute approximate surface area is 186 Å². The van der Waals surface area contributed by atoms with Crippen LogP contribution in [0.15, 0.2) is 84.9 Å². The topological polar surface area (TPSA) is 44.5 Å². The first kappa shape index (κ1) is 23.0. The molecule has 4 heteroatoms. The first-order valence-electron chi connectivity index (χ1n) is 10.9. The van der Waals surface area contributed by atoms with Gasteiger partial charge in [-0.15, -0.1) is 0 Å². The molecular weight excluding hydrogens is 384 g/mol. The van der Waals surface area contributed by atoms with Gasteiger partial charge in [-0.1, -0.05) is 60.7 Å². The zero-order chi connectivity index (χ0) is 22.2. The van der Waals surface area contributed by atoms with Gasteiger partial charge in [0.05, 0.1) is 12.1 Å². The minimum atomic E-state index is -0.229. The summed E-state index contributed by atoms with van der Waals surface area (Å²) in [6.07, 6.45) is 0. The Morgan fingerprint density at radius 1 is 0.774 bits per heavy atom. The minimum absolute atomic E-state index is 0.229. The minimum Gasteiger partial charge on any atom is -0.489 e. The lowest BCUT2D eigenvalue weighted by Crippen LogP contribution is -2.54. The summed E-state index contributed by atoms with van der Waals surface area (Å²) in [5, 5.41) is 0. The van der Waals surface area contributed by atoms with Crippen molar-refractivity contribution in [2.24, 2.45) is 5.73 Å². The molecule has 0 amide bonds. The maximum Gasteiger partial charge on any atom is 0.188 e. The average Bonchev–Trinajstić information content (AvgIpc) is 2.77. The summed E-state index contributed by atoms with van der Waals surface area (Å²) < 4.78 is 12.9. The van der Waals surface area contributed by atoms with Gasteiger partial charge < -0.3 is 15.2 Å². The van der Waals surface area contributed by atoms with Gasteiger partial charge in [0.15, 0.2) is 6.73 Å². The molecule has 0 heterocycles. The van der Waals surface area contributed by atoms with E-state index in [-0.39, 0.29) is 5.60 Å². The molecule has 3 aromatic rings. The molecule has 164 valence electrons. The largest absolute Gasteiger partial charge is 0.489 e. The smallest absolute Gasteiger partial charge is 0.188 e. The fourth-order valence-electron chi connectivity index (χ4n) is 3.58. The molecule has 1 atom stereocenters. The van der Waals surface area contributed by atoms with Crippen molar-refractivity contribution in [1.82, 2.24) is 4.48 Å². The van der Waals surface area contributed by atoms with Gasteiger partial charge in [-0.2, -0.15) is 0 Å². The van der Waals surface area contributed by atoms with E-state index in [0.29, 0.717) is 24.4 Å². The fraction of sp³-hybridized carbons (Fsp3) is 0.333. The molecule has 31 heavy (non-hydrogen) atoms. The molecule has 0 radical (unpaired) electrons. The monoisotopic (exact) mass is 419 g/mol. The Balaban J connectivity index is 1.84.